The van der Waals surface area contributed by atoms with Crippen molar-refractivity contribution < 1.29 is 18.9 Å². The zero-order valence-corrected chi connectivity index (χ0v) is 13.2. The molecule has 4 nitrogen and oxygen atoms in total. The van der Waals surface area contributed by atoms with E-state index in [4.69, 9.17) is 18.9 Å². The highest BCUT2D eigenvalue weighted by molar-refractivity contribution is 8.76. The molecule has 0 N–H and O–H groups in total. The molecule has 0 unspecified atom stereocenters. The third kappa shape index (κ3) is 16.5. The van der Waals surface area contributed by atoms with Gasteiger partial charge in [-0.2, -0.15) is 0 Å². The number of rotatable bonds is 15. The van der Waals surface area contributed by atoms with Crippen LogP contribution in [0.25, 0.3) is 0 Å². The van der Waals surface area contributed by atoms with Crippen LogP contribution in [0.2, 0.25) is 0 Å². The van der Waals surface area contributed by atoms with Gasteiger partial charge >= 0.3 is 0 Å². The molecule has 0 saturated heterocycles. The van der Waals surface area contributed by atoms with Gasteiger partial charge in [0, 0.05) is 12.4 Å². The van der Waals surface area contributed by atoms with Gasteiger partial charge in [0.25, 0.3) is 0 Å². The Morgan fingerprint density at radius 2 is 1.11 bits per heavy atom. The van der Waals surface area contributed by atoms with Gasteiger partial charge in [0.05, 0.1) is 46.2 Å². The van der Waals surface area contributed by atoms with Gasteiger partial charge < -0.3 is 18.9 Å². The Bertz CT molecular complexity index is 134. The second-order valence-corrected chi connectivity index (χ2v) is 6.12. The van der Waals surface area contributed by atoms with E-state index in [2.05, 4.69) is 13.2 Å². The fraction of sp³-hybridized carbons (Fsp3) is 1.00. The normalized spacial score (nSPS) is 11.0. The van der Waals surface area contributed by atoms with Crippen molar-refractivity contribution >= 4 is 21.6 Å². The van der Waals surface area contributed by atoms with Crippen LogP contribution in [-0.2, 0) is 18.9 Å². The van der Waals surface area contributed by atoms with Gasteiger partial charge in [-0.25, -0.2) is 0 Å². The van der Waals surface area contributed by atoms with Gasteiger partial charge in [0.1, 0.15) is 0 Å². The van der Waals surface area contributed by atoms with Crippen molar-refractivity contribution in [1.29, 1.82) is 0 Å². The van der Waals surface area contributed by atoms with E-state index in [0.717, 1.165) is 25.4 Å². The Morgan fingerprint density at radius 3 is 1.56 bits per heavy atom. The van der Waals surface area contributed by atoms with Crippen molar-refractivity contribution in [2.45, 2.75) is 13.3 Å². The number of ether oxygens (including phenoxy) is 4. The molecule has 0 aromatic heterocycles. The van der Waals surface area contributed by atoms with E-state index in [1.54, 1.807) is 10.8 Å². The first-order chi connectivity index (χ1) is 8.91. The van der Waals surface area contributed by atoms with Crippen LogP contribution in [0.3, 0.4) is 0 Å². The second-order valence-electron chi connectivity index (χ2n) is 3.44. The summed E-state index contributed by atoms with van der Waals surface area (Å²) in [5.41, 5.74) is 0. The van der Waals surface area contributed by atoms with Gasteiger partial charge in [-0.1, -0.05) is 28.5 Å². The van der Waals surface area contributed by atoms with Crippen molar-refractivity contribution in [1.82, 2.24) is 0 Å². The Kier molecular flexibility index (Phi) is 18.1. The summed E-state index contributed by atoms with van der Waals surface area (Å²) in [6.45, 7) is 7.56. The minimum atomic E-state index is 0.622. The van der Waals surface area contributed by atoms with Gasteiger partial charge in [0.2, 0.25) is 0 Å². The third-order valence-electron chi connectivity index (χ3n) is 1.89. The highest BCUT2D eigenvalue weighted by atomic mass is 33.1. The minimum Gasteiger partial charge on any atom is -0.379 e. The van der Waals surface area contributed by atoms with Crippen LogP contribution in [0, 0.1) is 0 Å². The maximum absolute atomic E-state index is 5.39. The van der Waals surface area contributed by atoms with Gasteiger partial charge in [-0.05, 0) is 12.7 Å². The molecule has 0 amide bonds. The SMILES string of the molecule is CCCOCCOCCOCCOCCSSC. The number of hydrogen-bond acceptors (Lipinski definition) is 6. The summed E-state index contributed by atoms with van der Waals surface area (Å²) in [7, 11) is 3.57. The van der Waals surface area contributed by atoms with Gasteiger partial charge in [-0.3, -0.25) is 0 Å². The fourth-order valence-electron chi connectivity index (χ4n) is 1.08. The average Bonchev–Trinajstić information content (AvgIpc) is 2.39. The molecular formula is C12H26O4S2. The molecule has 0 heterocycles. The first-order valence-corrected chi connectivity index (χ1v) is 9.11. The molecule has 0 aliphatic heterocycles. The van der Waals surface area contributed by atoms with E-state index in [1.807, 2.05) is 10.8 Å². The molecule has 0 aliphatic rings. The fourth-order valence-corrected chi connectivity index (χ4v) is 2.14. The summed E-state index contributed by atoms with van der Waals surface area (Å²) >= 11 is 0. The topological polar surface area (TPSA) is 36.9 Å². The average molecular weight is 298 g/mol. The second kappa shape index (κ2) is 17.5. The maximum atomic E-state index is 5.39. The molecule has 0 bridgehead atoms. The van der Waals surface area contributed by atoms with Crippen LogP contribution < -0.4 is 0 Å². The van der Waals surface area contributed by atoms with Crippen molar-refractivity contribution in [2.75, 3.05) is 64.9 Å². The summed E-state index contributed by atoms with van der Waals surface area (Å²) in [6.07, 6.45) is 3.12. The van der Waals surface area contributed by atoms with Crippen molar-refractivity contribution in [3.63, 3.8) is 0 Å². The van der Waals surface area contributed by atoms with Crippen molar-refractivity contribution in [2.24, 2.45) is 0 Å². The molecule has 0 aliphatic carbocycles. The molecule has 6 heteroatoms. The van der Waals surface area contributed by atoms with Gasteiger partial charge in [-0.15, -0.1) is 0 Å². The lowest BCUT2D eigenvalue weighted by atomic mass is 10.5. The highest BCUT2D eigenvalue weighted by Gasteiger charge is 1.92. The van der Waals surface area contributed by atoms with E-state index in [9.17, 15) is 0 Å². The summed E-state index contributed by atoms with van der Waals surface area (Å²) in [4.78, 5) is 0. The first kappa shape index (κ1) is 18.5. The Morgan fingerprint density at radius 1 is 0.667 bits per heavy atom. The minimum absolute atomic E-state index is 0.622. The van der Waals surface area contributed by atoms with Crippen molar-refractivity contribution in [3.8, 4) is 0 Å². The Hall–Kier alpha value is 0.540. The summed E-state index contributed by atoms with van der Waals surface area (Å²) < 4.78 is 21.4. The molecular weight excluding hydrogens is 272 g/mol. The predicted octanol–water partition coefficient (Wildman–Crippen LogP) is 2.47. The summed E-state index contributed by atoms with van der Waals surface area (Å²) in [5.74, 6) is 1.03. The molecule has 110 valence electrons. The largest absolute Gasteiger partial charge is 0.379 e. The van der Waals surface area contributed by atoms with Crippen LogP contribution in [0.4, 0.5) is 0 Å². The van der Waals surface area contributed by atoms with E-state index in [-0.39, 0.29) is 0 Å². The Balaban J connectivity index is 2.86. The maximum Gasteiger partial charge on any atom is 0.0701 e. The molecule has 18 heavy (non-hydrogen) atoms. The smallest absolute Gasteiger partial charge is 0.0701 e. The number of hydrogen-bond donors (Lipinski definition) is 0. The molecule has 0 aromatic rings. The zero-order chi connectivity index (χ0) is 13.3. The highest BCUT2D eigenvalue weighted by Crippen LogP contribution is 2.15. The molecule has 0 aromatic carbocycles. The summed E-state index contributed by atoms with van der Waals surface area (Å²) in [5, 5.41) is 0. The Labute approximate surface area is 119 Å². The predicted molar refractivity (Wildman–Crippen MR) is 79.5 cm³/mol. The monoisotopic (exact) mass is 298 g/mol. The molecule has 0 atom stereocenters. The van der Waals surface area contributed by atoms with Crippen molar-refractivity contribution in [3.05, 3.63) is 0 Å². The quantitative estimate of drug-likeness (QED) is 0.341. The molecule has 0 fully saturated rings. The molecule has 0 radical (unpaired) electrons. The van der Waals surface area contributed by atoms with Crippen LogP contribution in [0.1, 0.15) is 13.3 Å². The van der Waals surface area contributed by atoms with Crippen LogP contribution >= 0.6 is 21.6 Å². The lowest BCUT2D eigenvalue weighted by Crippen LogP contribution is -2.12. The van der Waals surface area contributed by atoms with E-state index >= 15 is 0 Å². The van der Waals surface area contributed by atoms with Crippen LogP contribution in [0.5, 0.6) is 0 Å². The standard InChI is InChI=1S/C12H26O4S2/c1-3-4-13-5-6-14-7-8-15-9-10-16-11-12-18-17-2/h3-12H2,1-2H3. The van der Waals surface area contributed by atoms with Gasteiger partial charge in [0.15, 0.2) is 0 Å². The lowest BCUT2D eigenvalue weighted by molar-refractivity contribution is -0.000123. The first-order valence-electron chi connectivity index (χ1n) is 6.38. The third-order valence-corrected chi connectivity index (χ3v) is 3.67. The van der Waals surface area contributed by atoms with E-state index in [1.165, 1.54) is 0 Å². The molecule has 0 saturated carbocycles. The van der Waals surface area contributed by atoms with Crippen LogP contribution in [0.15, 0.2) is 0 Å². The molecule has 0 spiro atoms. The lowest BCUT2D eigenvalue weighted by Gasteiger charge is -2.06. The molecule has 0 rings (SSSR count). The zero-order valence-electron chi connectivity index (χ0n) is 11.5. The van der Waals surface area contributed by atoms with E-state index < -0.39 is 0 Å². The van der Waals surface area contributed by atoms with E-state index in [0.29, 0.717) is 39.6 Å². The summed E-state index contributed by atoms with van der Waals surface area (Å²) in [6, 6.07) is 0. The van der Waals surface area contributed by atoms with Crippen LogP contribution in [-0.4, -0.2) is 64.9 Å².